The maximum atomic E-state index is 9.96. The van der Waals surface area contributed by atoms with Gasteiger partial charge in [0, 0.05) is 42.8 Å². The minimum absolute atomic E-state index is 0.0182. The lowest BCUT2D eigenvalue weighted by atomic mass is 9.56. The molecule has 8 nitrogen and oxygen atoms in total. The predicted molar refractivity (Wildman–Crippen MR) is 224 cm³/mol. The number of allylic oxidation sites excluding steroid dienone is 1. The molecule has 0 radical (unpaired) electrons. The number of hydrogen-bond donors (Lipinski definition) is 2. The predicted octanol–water partition coefficient (Wildman–Crippen LogP) is 10.5. The Kier molecular flexibility index (Phi) is 13.0. The van der Waals surface area contributed by atoms with Crippen LogP contribution in [0.4, 0.5) is 0 Å². The van der Waals surface area contributed by atoms with Crippen LogP contribution in [0.25, 0.3) is 10.8 Å². The van der Waals surface area contributed by atoms with Crippen LogP contribution in [0, 0.1) is 17.8 Å². The van der Waals surface area contributed by atoms with E-state index in [4.69, 9.17) is 28.9 Å². The summed E-state index contributed by atoms with van der Waals surface area (Å²) in [5, 5.41) is 27.6. The van der Waals surface area contributed by atoms with Crippen LogP contribution in [0.3, 0.4) is 0 Å². The summed E-state index contributed by atoms with van der Waals surface area (Å²) in [6, 6.07) is 20.9. The van der Waals surface area contributed by atoms with Gasteiger partial charge in [0.05, 0.1) is 30.1 Å². The van der Waals surface area contributed by atoms with E-state index in [0.717, 1.165) is 97.3 Å². The van der Waals surface area contributed by atoms with Crippen molar-refractivity contribution < 1.29 is 34.0 Å². The standard InChI is InChI=1S/C47H59NO7S/c1-2-26-52-47-43(56-37-16-5-6-17-37)31-41(48-55-44-19-9-12-27-51-44)39-29-34(15-7-10-24-49)38(18-8-11-25-50)45(46(39)47)40-30-36(22-23-42(40)54-47)53-35-21-20-32-13-3-4-14-33(32)28-35/h2-4,13-14,20-23,28-30,34,37-38,43-46,49-50H,1,5-12,15-19,24-27,31H2/t34-,38+,43-,44?,45+,46+,47+/m0/s1. The second-order valence-corrected chi connectivity index (χ2v) is 17.8. The fourth-order valence-electron chi connectivity index (χ4n) is 10.0. The number of oxime groups is 1. The van der Waals surface area contributed by atoms with E-state index in [1.165, 1.54) is 31.1 Å². The molecule has 2 saturated carbocycles. The van der Waals surface area contributed by atoms with Crippen molar-refractivity contribution in [2.45, 2.75) is 118 Å². The molecule has 3 aliphatic carbocycles. The molecule has 0 bridgehead atoms. The maximum absolute atomic E-state index is 9.96. The van der Waals surface area contributed by atoms with E-state index in [-0.39, 0.29) is 48.4 Å². The molecular weight excluding hydrogens is 723 g/mol. The van der Waals surface area contributed by atoms with Gasteiger partial charge in [-0.1, -0.05) is 73.3 Å². The molecule has 5 aliphatic rings. The molecule has 0 amide bonds. The lowest BCUT2D eigenvalue weighted by Crippen LogP contribution is -2.64. The number of hydrogen-bond acceptors (Lipinski definition) is 9. The zero-order valence-corrected chi connectivity index (χ0v) is 33.5. The Morgan fingerprint density at radius 2 is 1.64 bits per heavy atom. The van der Waals surface area contributed by atoms with E-state index in [2.05, 4.69) is 61.2 Å². The highest BCUT2D eigenvalue weighted by molar-refractivity contribution is 8.00. The second-order valence-electron chi connectivity index (χ2n) is 16.3. The number of thioether (sulfide) groups is 1. The summed E-state index contributed by atoms with van der Waals surface area (Å²) in [5.41, 5.74) is 3.25. The molecule has 3 aromatic rings. The third kappa shape index (κ3) is 8.44. The van der Waals surface area contributed by atoms with Gasteiger partial charge < -0.3 is 34.0 Å². The van der Waals surface area contributed by atoms with Gasteiger partial charge in [0.1, 0.15) is 17.2 Å². The van der Waals surface area contributed by atoms with Gasteiger partial charge in [0.15, 0.2) is 0 Å². The topological polar surface area (TPSA) is 99.0 Å². The fourth-order valence-corrected chi connectivity index (χ4v) is 11.8. The third-order valence-corrected chi connectivity index (χ3v) is 14.3. The molecule has 300 valence electrons. The average molecular weight is 782 g/mol. The summed E-state index contributed by atoms with van der Waals surface area (Å²) in [6.45, 7) is 5.50. The Bertz CT molecular complexity index is 1850. The number of nitrogens with zero attached hydrogens (tertiary/aromatic N) is 1. The molecule has 2 heterocycles. The number of aliphatic hydroxyl groups excluding tert-OH is 2. The summed E-state index contributed by atoms with van der Waals surface area (Å²) in [5.74, 6) is 1.75. The first kappa shape index (κ1) is 39.5. The van der Waals surface area contributed by atoms with Crippen LogP contribution in [0.15, 0.2) is 90.1 Å². The van der Waals surface area contributed by atoms with Crippen molar-refractivity contribution in [1.29, 1.82) is 0 Å². The van der Waals surface area contributed by atoms with Crippen molar-refractivity contribution in [3.05, 3.63) is 90.5 Å². The van der Waals surface area contributed by atoms with Crippen molar-refractivity contribution in [3.8, 4) is 17.2 Å². The maximum Gasteiger partial charge on any atom is 0.230 e. The lowest BCUT2D eigenvalue weighted by molar-refractivity contribution is -0.223. The smallest absolute Gasteiger partial charge is 0.230 e. The van der Waals surface area contributed by atoms with E-state index in [1.807, 2.05) is 30.0 Å². The van der Waals surface area contributed by atoms with Crippen LogP contribution in [0.2, 0.25) is 0 Å². The summed E-state index contributed by atoms with van der Waals surface area (Å²) in [7, 11) is 0. The van der Waals surface area contributed by atoms with Crippen molar-refractivity contribution in [3.63, 3.8) is 0 Å². The van der Waals surface area contributed by atoms with Gasteiger partial charge in [-0.2, -0.15) is 0 Å². The molecule has 1 unspecified atom stereocenters. The highest BCUT2D eigenvalue weighted by Crippen LogP contribution is 2.63. The number of unbranched alkanes of at least 4 members (excludes halogenated alkanes) is 2. The number of aliphatic hydroxyl groups is 2. The molecule has 2 aliphatic heterocycles. The van der Waals surface area contributed by atoms with Crippen molar-refractivity contribution >= 4 is 28.2 Å². The van der Waals surface area contributed by atoms with Crippen molar-refractivity contribution in [1.82, 2.24) is 0 Å². The van der Waals surface area contributed by atoms with Crippen LogP contribution in [0.5, 0.6) is 17.2 Å². The number of ether oxygens (including phenoxy) is 4. The van der Waals surface area contributed by atoms with Crippen LogP contribution < -0.4 is 9.47 Å². The van der Waals surface area contributed by atoms with Crippen LogP contribution in [-0.4, -0.2) is 64.9 Å². The average Bonchev–Trinajstić information content (AvgIpc) is 3.75. The molecule has 9 heteroatoms. The molecule has 56 heavy (non-hydrogen) atoms. The van der Waals surface area contributed by atoms with Gasteiger partial charge in [-0.05, 0) is 110 Å². The zero-order chi connectivity index (χ0) is 38.3. The van der Waals surface area contributed by atoms with Crippen LogP contribution >= 0.6 is 11.8 Å². The van der Waals surface area contributed by atoms with E-state index >= 15 is 0 Å². The highest BCUT2D eigenvalue weighted by atomic mass is 32.2. The van der Waals surface area contributed by atoms with E-state index < -0.39 is 5.79 Å². The van der Waals surface area contributed by atoms with Gasteiger partial charge in [-0.3, -0.25) is 0 Å². The molecule has 1 saturated heterocycles. The monoisotopic (exact) mass is 781 g/mol. The van der Waals surface area contributed by atoms with Gasteiger partial charge in [-0.25, -0.2) is 0 Å². The Labute approximate surface area is 336 Å². The summed E-state index contributed by atoms with van der Waals surface area (Å²) in [4.78, 5) is 6.29. The van der Waals surface area contributed by atoms with Gasteiger partial charge in [0.2, 0.25) is 12.1 Å². The van der Waals surface area contributed by atoms with Crippen LogP contribution in [-0.2, 0) is 14.3 Å². The first-order valence-electron chi connectivity index (χ1n) is 21.3. The molecule has 7 atom stereocenters. The number of fused-ring (bicyclic) bond motifs is 3. The molecule has 0 aromatic heterocycles. The lowest BCUT2D eigenvalue weighted by Gasteiger charge is -2.58. The number of benzene rings is 3. The Balaban J connectivity index is 1.26. The van der Waals surface area contributed by atoms with E-state index in [0.29, 0.717) is 24.9 Å². The largest absolute Gasteiger partial charge is 0.460 e. The molecular formula is C47H59NO7S. The third-order valence-electron chi connectivity index (χ3n) is 12.7. The Morgan fingerprint density at radius 1 is 0.875 bits per heavy atom. The Hall–Kier alpha value is -3.34. The van der Waals surface area contributed by atoms with Gasteiger partial charge in [-0.15, -0.1) is 18.3 Å². The minimum Gasteiger partial charge on any atom is -0.460 e. The first-order valence-corrected chi connectivity index (χ1v) is 22.2. The SMILES string of the molecule is C=CCO[C@@]12Oc3ccc(Oc4ccc5ccccc5c4)cc3[C@H]3[C@H](CCCCO)[C@@H](CCCCO)C=C(C(=NOC4CCCCO4)C[C@@H]1SC1CCCC1)[C@H]32. The molecule has 3 aromatic carbocycles. The first-order chi connectivity index (χ1) is 27.6. The number of rotatable bonds is 17. The second kappa shape index (κ2) is 18.5. The van der Waals surface area contributed by atoms with E-state index in [1.54, 1.807) is 0 Å². The zero-order valence-electron chi connectivity index (χ0n) is 32.7. The molecule has 8 rings (SSSR count). The normalized spacial score (nSPS) is 29.3. The fraction of sp³-hybridized carbons (Fsp3) is 0.553. The molecule has 0 spiro atoms. The molecule has 3 fully saturated rings. The molecule has 2 N–H and O–H groups in total. The van der Waals surface area contributed by atoms with Crippen molar-refractivity contribution in [2.24, 2.45) is 22.9 Å². The highest BCUT2D eigenvalue weighted by Gasteiger charge is 2.64. The minimum atomic E-state index is -0.961. The van der Waals surface area contributed by atoms with Gasteiger partial charge in [0.25, 0.3) is 0 Å². The van der Waals surface area contributed by atoms with Gasteiger partial charge >= 0.3 is 0 Å². The summed E-state index contributed by atoms with van der Waals surface area (Å²) < 4.78 is 27.2. The Morgan fingerprint density at radius 3 is 2.43 bits per heavy atom. The summed E-state index contributed by atoms with van der Waals surface area (Å²) >= 11 is 2.02. The van der Waals surface area contributed by atoms with E-state index in [9.17, 15) is 10.2 Å². The van der Waals surface area contributed by atoms with Crippen LogP contribution in [0.1, 0.15) is 101 Å². The van der Waals surface area contributed by atoms with Crippen molar-refractivity contribution in [2.75, 3.05) is 26.4 Å². The summed E-state index contributed by atoms with van der Waals surface area (Å²) in [6.07, 6.45) is 17.7. The quantitative estimate of drug-likeness (QED) is 0.0794.